The van der Waals surface area contributed by atoms with E-state index in [4.69, 9.17) is 4.74 Å². The molecule has 0 saturated heterocycles. The molecule has 3 aromatic rings. The number of hydrogen-bond donors (Lipinski definition) is 0. The fraction of sp³-hybridized carbons (Fsp3) is 0.100. The van der Waals surface area contributed by atoms with Gasteiger partial charge in [0, 0.05) is 11.1 Å². The van der Waals surface area contributed by atoms with Gasteiger partial charge in [-0.1, -0.05) is 42.5 Å². The second-order valence-electron chi connectivity index (χ2n) is 5.31. The molecule has 0 saturated carbocycles. The predicted octanol–water partition coefficient (Wildman–Crippen LogP) is 5.49. The first-order valence-corrected chi connectivity index (χ1v) is 8.58. The molecule has 0 aliphatic rings. The van der Waals surface area contributed by atoms with Crippen LogP contribution in [0.25, 0.3) is 22.4 Å². The van der Waals surface area contributed by atoms with Crippen LogP contribution in [0.3, 0.4) is 0 Å². The lowest BCUT2D eigenvalue weighted by Gasteiger charge is -2.13. The molecule has 0 aliphatic heterocycles. The van der Waals surface area contributed by atoms with Crippen LogP contribution in [0.5, 0.6) is 0 Å². The molecule has 126 valence electrons. The maximum Gasteiger partial charge on any atom is 0.341 e. The predicted molar refractivity (Wildman–Crippen MR) is 98.7 cm³/mol. The van der Waals surface area contributed by atoms with Crippen LogP contribution in [0.4, 0.5) is 4.39 Å². The molecule has 0 atom stereocenters. The Bertz CT molecular complexity index is 896. The van der Waals surface area contributed by atoms with Crippen molar-refractivity contribution in [2.45, 2.75) is 6.92 Å². The highest BCUT2D eigenvalue weighted by Crippen LogP contribution is 2.33. The average Bonchev–Trinajstić information content (AvgIpc) is 2.62. The number of benzene rings is 2. The van der Waals surface area contributed by atoms with Gasteiger partial charge in [-0.3, -0.25) is 0 Å². The fourth-order valence-electron chi connectivity index (χ4n) is 2.53. The fourth-order valence-corrected chi connectivity index (χ4v) is 3.09. The number of hydrogen-bond acceptors (Lipinski definition) is 3. The minimum absolute atomic E-state index is 0.258. The first-order chi connectivity index (χ1) is 12.1. The van der Waals surface area contributed by atoms with Gasteiger partial charge in [0.25, 0.3) is 0 Å². The minimum Gasteiger partial charge on any atom is -0.462 e. The van der Waals surface area contributed by atoms with Gasteiger partial charge in [0.15, 0.2) is 0 Å². The Morgan fingerprint density at radius 2 is 1.76 bits per heavy atom. The van der Waals surface area contributed by atoms with Crippen molar-refractivity contribution in [2.24, 2.45) is 0 Å². The Balaban J connectivity index is 2.21. The van der Waals surface area contributed by atoms with Gasteiger partial charge in [0.1, 0.15) is 16.0 Å². The van der Waals surface area contributed by atoms with Gasteiger partial charge in [0.2, 0.25) is 0 Å². The maximum absolute atomic E-state index is 13.3. The molecule has 0 spiro atoms. The Kier molecular flexibility index (Phi) is 5.24. The summed E-state index contributed by atoms with van der Waals surface area (Å²) in [6, 6.07) is 17.4. The molecule has 2 aromatic carbocycles. The first kappa shape index (κ1) is 17.3. The van der Waals surface area contributed by atoms with E-state index in [1.807, 2.05) is 36.4 Å². The van der Waals surface area contributed by atoms with Gasteiger partial charge in [-0.05, 0) is 46.6 Å². The second kappa shape index (κ2) is 7.57. The molecule has 0 bridgehead atoms. The van der Waals surface area contributed by atoms with Crippen molar-refractivity contribution in [3.63, 3.8) is 0 Å². The number of carbonyl (C=O) groups excluding carboxylic acids is 1. The zero-order chi connectivity index (χ0) is 17.8. The van der Waals surface area contributed by atoms with Crippen molar-refractivity contribution >= 4 is 21.9 Å². The topological polar surface area (TPSA) is 39.2 Å². The Labute approximate surface area is 153 Å². The lowest BCUT2D eigenvalue weighted by Crippen LogP contribution is -2.09. The average molecular weight is 400 g/mol. The highest BCUT2D eigenvalue weighted by molar-refractivity contribution is 9.10. The summed E-state index contributed by atoms with van der Waals surface area (Å²) in [6.07, 6.45) is 0. The van der Waals surface area contributed by atoms with Crippen molar-refractivity contribution in [3.05, 3.63) is 76.6 Å². The van der Waals surface area contributed by atoms with E-state index in [1.54, 1.807) is 19.1 Å². The highest BCUT2D eigenvalue weighted by Gasteiger charge is 2.21. The molecule has 0 unspecified atom stereocenters. The molecule has 0 radical (unpaired) electrons. The van der Waals surface area contributed by atoms with Crippen LogP contribution in [0, 0.1) is 5.82 Å². The maximum atomic E-state index is 13.3. The van der Waals surface area contributed by atoms with Crippen LogP contribution in [0.1, 0.15) is 17.3 Å². The number of pyridine rings is 1. The summed E-state index contributed by atoms with van der Waals surface area (Å²) in [4.78, 5) is 16.9. The van der Waals surface area contributed by atoms with Crippen LogP contribution in [0.2, 0.25) is 0 Å². The Morgan fingerprint density at radius 3 is 2.40 bits per heavy atom. The quantitative estimate of drug-likeness (QED) is 0.429. The largest absolute Gasteiger partial charge is 0.462 e. The Hall–Kier alpha value is -2.53. The van der Waals surface area contributed by atoms with Crippen molar-refractivity contribution < 1.29 is 13.9 Å². The van der Waals surface area contributed by atoms with Crippen LogP contribution in [0.15, 0.2) is 65.3 Å². The number of esters is 1. The van der Waals surface area contributed by atoms with Gasteiger partial charge >= 0.3 is 5.97 Å². The summed E-state index contributed by atoms with van der Waals surface area (Å²) in [5.41, 5.74) is 3.30. The van der Waals surface area contributed by atoms with E-state index in [0.29, 0.717) is 27.0 Å². The number of ether oxygens (including phenoxy) is 1. The van der Waals surface area contributed by atoms with Crippen molar-refractivity contribution in [2.75, 3.05) is 6.61 Å². The van der Waals surface area contributed by atoms with E-state index >= 15 is 0 Å². The van der Waals surface area contributed by atoms with Crippen LogP contribution in [-0.2, 0) is 4.74 Å². The summed E-state index contributed by atoms with van der Waals surface area (Å²) < 4.78 is 18.8. The van der Waals surface area contributed by atoms with Crippen LogP contribution >= 0.6 is 15.9 Å². The molecule has 0 aliphatic carbocycles. The lowest BCUT2D eigenvalue weighted by atomic mass is 9.98. The van der Waals surface area contributed by atoms with E-state index in [9.17, 15) is 9.18 Å². The number of rotatable bonds is 4. The third-order valence-corrected chi connectivity index (χ3v) is 4.25. The standard InChI is InChI=1S/C20H15BrFNO2/c1-2-25-20(24)18-16(13-8-10-15(22)11-9-13)12-17(23-19(18)21)14-6-4-3-5-7-14/h3-12H,2H2,1H3. The molecule has 0 amide bonds. The summed E-state index contributed by atoms with van der Waals surface area (Å²) in [5.74, 6) is -0.807. The summed E-state index contributed by atoms with van der Waals surface area (Å²) in [5, 5.41) is 0. The summed E-state index contributed by atoms with van der Waals surface area (Å²) in [6.45, 7) is 2.00. The molecule has 3 rings (SSSR count). The molecule has 0 fully saturated rings. The molecule has 3 nitrogen and oxygen atoms in total. The van der Waals surface area contributed by atoms with Gasteiger partial charge in [-0.25, -0.2) is 14.2 Å². The third-order valence-electron chi connectivity index (χ3n) is 3.68. The first-order valence-electron chi connectivity index (χ1n) is 7.79. The molecular weight excluding hydrogens is 385 g/mol. The van der Waals surface area contributed by atoms with Crippen molar-refractivity contribution in [1.82, 2.24) is 4.98 Å². The smallest absolute Gasteiger partial charge is 0.341 e. The van der Waals surface area contributed by atoms with Crippen molar-refractivity contribution in [3.8, 4) is 22.4 Å². The van der Waals surface area contributed by atoms with E-state index < -0.39 is 5.97 Å². The van der Waals surface area contributed by atoms with E-state index in [0.717, 1.165) is 5.56 Å². The monoisotopic (exact) mass is 399 g/mol. The molecular formula is C20H15BrFNO2. The Morgan fingerprint density at radius 1 is 1.08 bits per heavy atom. The molecule has 0 N–H and O–H groups in total. The summed E-state index contributed by atoms with van der Waals surface area (Å²) in [7, 11) is 0. The van der Waals surface area contributed by atoms with E-state index in [2.05, 4.69) is 20.9 Å². The van der Waals surface area contributed by atoms with Crippen LogP contribution in [-0.4, -0.2) is 17.6 Å². The zero-order valence-electron chi connectivity index (χ0n) is 13.5. The van der Waals surface area contributed by atoms with Gasteiger partial charge in [-0.15, -0.1) is 0 Å². The molecule has 1 aromatic heterocycles. The molecule has 1 heterocycles. The zero-order valence-corrected chi connectivity index (χ0v) is 15.1. The molecule has 25 heavy (non-hydrogen) atoms. The van der Waals surface area contributed by atoms with Crippen LogP contribution < -0.4 is 0 Å². The second-order valence-corrected chi connectivity index (χ2v) is 6.07. The minimum atomic E-state index is -0.471. The highest BCUT2D eigenvalue weighted by atomic mass is 79.9. The number of carbonyl (C=O) groups is 1. The number of nitrogens with zero attached hydrogens (tertiary/aromatic N) is 1. The lowest BCUT2D eigenvalue weighted by molar-refractivity contribution is 0.0525. The van der Waals surface area contributed by atoms with Gasteiger partial charge in [-0.2, -0.15) is 0 Å². The van der Waals surface area contributed by atoms with Crippen molar-refractivity contribution in [1.29, 1.82) is 0 Å². The third kappa shape index (κ3) is 3.77. The number of halogens is 2. The molecule has 5 heteroatoms. The summed E-state index contributed by atoms with van der Waals surface area (Å²) >= 11 is 3.39. The van der Waals surface area contributed by atoms with Gasteiger partial charge in [0.05, 0.1) is 12.3 Å². The SMILES string of the molecule is CCOC(=O)c1c(-c2ccc(F)cc2)cc(-c2ccccc2)nc1Br. The van der Waals surface area contributed by atoms with Gasteiger partial charge < -0.3 is 4.74 Å². The van der Waals surface area contributed by atoms with E-state index in [-0.39, 0.29) is 12.4 Å². The normalized spacial score (nSPS) is 10.5. The number of aromatic nitrogens is 1. The van der Waals surface area contributed by atoms with E-state index in [1.165, 1.54) is 12.1 Å².